The van der Waals surface area contributed by atoms with Crippen LogP contribution in [0.25, 0.3) is 0 Å². The first kappa shape index (κ1) is 17.8. The smallest absolute Gasteiger partial charge is 0.244 e. The molecule has 3 aromatic rings. The van der Waals surface area contributed by atoms with Gasteiger partial charge < -0.3 is 10.2 Å². The Bertz CT molecular complexity index is 808. The van der Waals surface area contributed by atoms with E-state index in [1.807, 2.05) is 18.2 Å². The molecule has 0 saturated carbocycles. The molecule has 134 valence electrons. The van der Waals surface area contributed by atoms with Crippen molar-refractivity contribution < 1.29 is 4.39 Å². The highest BCUT2D eigenvalue weighted by molar-refractivity contribution is 5.41. The van der Waals surface area contributed by atoms with Gasteiger partial charge in [-0.25, -0.2) is 4.39 Å². The SMILES string of the molecule is CCN(Cc1ccccc1)c1cnnc(NCCc2ccc(F)cc2)n1. The number of benzene rings is 2. The first-order valence-electron chi connectivity index (χ1n) is 8.71. The Kier molecular flexibility index (Phi) is 6.09. The normalized spacial score (nSPS) is 10.5. The van der Waals surface area contributed by atoms with E-state index in [1.165, 1.54) is 17.7 Å². The van der Waals surface area contributed by atoms with E-state index in [2.05, 4.69) is 44.5 Å². The number of aromatic nitrogens is 3. The molecular weight excluding hydrogens is 329 g/mol. The molecule has 1 aromatic heterocycles. The van der Waals surface area contributed by atoms with E-state index in [1.54, 1.807) is 18.3 Å². The van der Waals surface area contributed by atoms with Crippen molar-refractivity contribution in [1.29, 1.82) is 0 Å². The van der Waals surface area contributed by atoms with E-state index in [9.17, 15) is 4.39 Å². The molecule has 0 amide bonds. The third-order valence-electron chi connectivity index (χ3n) is 4.08. The van der Waals surface area contributed by atoms with Gasteiger partial charge in [-0.2, -0.15) is 10.1 Å². The van der Waals surface area contributed by atoms with Gasteiger partial charge in [-0.3, -0.25) is 0 Å². The van der Waals surface area contributed by atoms with Crippen molar-refractivity contribution >= 4 is 11.8 Å². The number of halogens is 1. The zero-order chi connectivity index (χ0) is 18.2. The molecule has 6 heteroatoms. The maximum Gasteiger partial charge on any atom is 0.244 e. The molecule has 1 N–H and O–H groups in total. The predicted molar refractivity (Wildman–Crippen MR) is 102 cm³/mol. The lowest BCUT2D eigenvalue weighted by Crippen LogP contribution is -2.24. The van der Waals surface area contributed by atoms with E-state index in [0.717, 1.165) is 30.9 Å². The third-order valence-corrected chi connectivity index (χ3v) is 4.08. The second kappa shape index (κ2) is 8.89. The summed E-state index contributed by atoms with van der Waals surface area (Å²) in [5.41, 5.74) is 2.28. The fourth-order valence-electron chi connectivity index (χ4n) is 2.65. The van der Waals surface area contributed by atoms with Crippen LogP contribution in [0.15, 0.2) is 60.8 Å². The predicted octanol–water partition coefficient (Wildman–Crippen LogP) is 3.69. The molecule has 3 rings (SSSR count). The molecule has 5 nitrogen and oxygen atoms in total. The Labute approximate surface area is 152 Å². The molecule has 0 aliphatic carbocycles. The molecule has 0 bridgehead atoms. The van der Waals surface area contributed by atoms with Crippen molar-refractivity contribution in [1.82, 2.24) is 15.2 Å². The Morgan fingerprint density at radius 1 is 1.00 bits per heavy atom. The average molecular weight is 351 g/mol. The second-order valence-electron chi connectivity index (χ2n) is 5.94. The summed E-state index contributed by atoms with van der Waals surface area (Å²) in [6, 6.07) is 16.8. The van der Waals surface area contributed by atoms with Gasteiger partial charge >= 0.3 is 0 Å². The van der Waals surface area contributed by atoms with Gasteiger partial charge in [0.25, 0.3) is 0 Å². The van der Waals surface area contributed by atoms with Crippen LogP contribution in [0.5, 0.6) is 0 Å². The maximum atomic E-state index is 12.9. The number of nitrogens with one attached hydrogen (secondary N) is 1. The van der Waals surface area contributed by atoms with Crippen LogP contribution in [0.4, 0.5) is 16.2 Å². The lowest BCUT2D eigenvalue weighted by Gasteiger charge is -2.21. The molecule has 0 unspecified atom stereocenters. The van der Waals surface area contributed by atoms with Gasteiger partial charge in [-0.05, 0) is 36.6 Å². The Morgan fingerprint density at radius 3 is 2.50 bits per heavy atom. The molecule has 0 spiro atoms. The fourth-order valence-corrected chi connectivity index (χ4v) is 2.65. The van der Waals surface area contributed by atoms with Crippen molar-refractivity contribution in [3.8, 4) is 0 Å². The van der Waals surface area contributed by atoms with Gasteiger partial charge in [0.05, 0.1) is 6.20 Å². The molecular formula is C20H22FN5. The van der Waals surface area contributed by atoms with Crippen molar-refractivity contribution in [2.75, 3.05) is 23.3 Å². The van der Waals surface area contributed by atoms with Gasteiger partial charge in [0.15, 0.2) is 5.82 Å². The quantitative estimate of drug-likeness (QED) is 0.671. The van der Waals surface area contributed by atoms with E-state index in [0.29, 0.717) is 12.5 Å². The molecule has 2 aromatic carbocycles. The zero-order valence-corrected chi connectivity index (χ0v) is 14.8. The molecule has 0 fully saturated rings. The first-order valence-corrected chi connectivity index (χ1v) is 8.71. The molecule has 26 heavy (non-hydrogen) atoms. The minimum Gasteiger partial charge on any atom is -0.353 e. The van der Waals surface area contributed by atoms with Crippen LogP contribution < -0.4 is 10.2 Å². The average Bonchev–Trinajstić information content (AvgIpc) is 2.69. The number of hydrogen-bond donors (Lipinski definition) is 1. The summed E-state index contributed by atoms with van der Waals surface area (Å²) in [6.45, 7) is 4.34. The lowest BCUT2D eigenvalue weighted by molar-refractivity contribution is 0.627. The minimum absolute atomic E-state index is 0.222. The maximum absolute atomic E-state index is 12.9. The largest absolute Gasteiger partial charge is 0.353 e. The highest BCUT2D eigenvalue weighted by atomic mass is 19.1. The van der Waals surface area contributed by atoms with E-state index < -0.39 is 0 Å². The molecule has 0 atom stereocenters. The Morgan fingerprint density at radius 2 is 1.77 bits per heavy atom. The first-order chi connectivity index (χ1) is 12.7. The van der Waals surface area contributed by atoms with Crippen molar-refractivity contribution in [3.05, 3.63) is 77.7 Å². The van der Waals surface area contributed by atoms with Crippen molar-refractivity contribution in [3.63, 3.8) is 0 Å². The third kappa shape index (κ3) is 4.99. The minimum atomic E-state index is -0.222. The number of nitrogens with zero attached hydrogens (tertiary/aromatic N) is 4. The summed E-state index contributed by atoms with van der Waals surface area (Å²) in [7, 11) is 0. The second-order valence-corrected chi connectivity index (χ2v) is 5.94. The summed E-state index contributed by atoms with van der Waals surface area (Å²) >= 11 is 0. The van der Waals surface area contributed by atoms with Crippen LogP contribution in [0, 0.1) is 5.82 Å². The molecule has 0 radical (unpaired) electrons. The summed E-state index contributed by atoms with van der Waals surface area (Å²) in [4.78, 5) is 6.71. The summed E-state index contributed by atoms with van der Waals surface area (Å²) < 4.78 is 12.9. The lowest BCUT2D eigenvalue weighted by atomic mass is 10.1. The molecule has 0 aliphatic heterocycles. The Hall–Kier alpha value is -3.02. The van der Waals surface area contributed by atoms with Gasteiger partial charge in [-0.1, -0.05) is 42.5 Å². The van der Waals surface area contributed by atoms with E-state index in [4.69, 9.17) is 0 Å². The van der Waals surface area contributed by atoms with E-state index in [-0.39, 0.29) is 5.82 Å². The monoisotopic (exact) mass is 351 g/mol. The van der Waals surface area contributed by atoms with Crippen LogP contribution in [-0.2, 0) is 13.0 Å². The fraction of sp³-hybridized carbons (Fsp3) is 0.250. The topological polar surface area (TPSA) is 53.9 Å². The molecule has 0 aliphatic rings. The summed E-state index contributed by atoms with van der Waals surface area (Å²) in [5, 5.41) is 11.3. The number of anilines is 2. The highest BCUT2D eigenvalue weighted by Crippen LogP contribution is 2.14. The highest BCUT2D eigenvalue weighted by Gasteiger charge is 2.09. The molecule has 0 saturated heterocycles. The number of hydrogen-bond acceptors (Lipinski definition) is 5. The molecule has 1 heterocycles. The summed E-state index contributed by atoms with van der Waals surface area (Å²) in [5.74, 6) is 1.06. The van der Waals surface area contributed by atoms with Gasteiger partial charge in [-0.15, -0.1) is 5.10 Å². The van der Waals surface area contributed by atoms with Gasteiger partial charge in [0.1, 0.15) is 5.82 Å². The number of rotatable bonds is 8. The van der Waals surface area contributed by atoms with Crippen LogP contribution in [0.2, 0.25) is 0 Å². The van der Waals surface area contributed by atoms with Crippen LogP contribution >= 0.6 is 0 Å². The van der Waals surface area contributed by atoms with Crippen LogP contribution in [-0.4, -0.2) is 28.3 Å². The van der Waals surface area contributed by atoms with Crippen LogP contribution in [0.3, 0.4) is 0 Å². The Balaban J connectivity index is 1.60. The van der Waals surface area contributed by atoms with Gasteiger partial charge in [0, 0.05) is 19.6 Å². The van der Waals surface area contributed by atoms with E-state index >= 15 is 0 Å². The van der Waals surface area contributed by atoms with Crippen molar-refractivity contribution in [2.24, 2.45) is 0 Å². The standard InChI is InChI=1S/C20H22FN5/c1-2-26(15-17-6-4-3-5-7-17)19-14-23-25-20(24-19)22-13-12-16-8-10-18(21)11-9-16/h3-11,14H,2,12-13,15H2,1H3,(H,22,24,25). The van der Waals surface area contributed by atoms with Crippen molar-refractivity contribution in [2.45, 2.75) is 19.9 Å². The zero-order valence-electron chi connectivity index (χ0n) is 14.8. The summed E-state index contributed by atoms with van der Waals surface area (Å²) in [6.07, 6.45) is 2.44. The van der Waals surface area contributed by atoms with Gasteiger partial charge in [0.2, 0.25) is 5.95 Å². The van der Waals surface area contributed by atoms with Crippen LogP contribution in [0.1, 0.15) is 18.1 Å².